The van der Waals surface area contributed by atoms with Crippen LogP contribution < -0.4 is 0 Å². The van der Waals surface area contributed by atoms with Gasteiger partial charge in [0, 0.05) is 5.92 Å². The molecule has 0 radical (unpaired) electrons. The van der Waals surface area contributed by atoms with E-state index in [0.29, 0.717) is 5.92 Å². The summed E-state index contributed by atoms with van der Waals surface area (Å²) in [6.45, 7) is 12.0. The number of rotatable bonds is 6. The van der Waals surface area contributed by atoms with Crippen molar-refractivity contribution in [1.82, 2.24) is 0 Å². The van der Waals surface area contributed by atoms with Gasteiger partial charge in [-0.25, -0.2) is 0 Å². The molecule has 0 saturated heterocycles. The summed E-state index contributed by atoms with van der Waals surface area (Å²) in [4.78, 5) is 0. The molecule has 2 aliphatic rings. The molecular formula is C24H28. The average Bonchev–Trinajstić information content (AvgIpc) is 2.72. The van der Waals surface area contributed by atoms with Crippen molar-refractivity contribution < 1.29 is 0 Å². The van der Waals surface area contributed by atoms with Gasteiger partial charge in [-0.05, 0) is 54.1 Å². The molecule has 1 unspecified atom stereocenters. The fourth-order valence-electron chi connectivity index (χ4n) is 3.53. The molecule has 0 saturated carbocycles. The number of fused-ring (bicyclic) bond motifs is 1. The summed E-state index contributed by atoms with van der Waals surface area (Å²) in [5.74, 6) is 0.461. The maximum atomic E-state index is 3.84. The quantitative estimate of drug-likeness (QED) is 0.465. The molecule has 2 rings (SSSR count). The van der Waals surface area contributed by atoms with Crippen LogP contribution in [0.3, 0.4) is 0 Å². The van der Waals surface area contributed by atoms with Crippen LogP contribution in [0.25, 0.3) is 0 Å². The van der Waals surface area contributed by atoms with E-state index in [4.69, 9.17) is 0 Å². The van der Waals surface area contributed by atoms with E-state index in [1.54, 1.807) is 0 Å². The van der Waals surface area contributed by atoms with E-state index in [2.05, 4.69) is 69.5 Å². The van der Waals surface area contributed by atoms with E-state index >= 15 is 0 Å². The lowest BCUT2D eigenvalue weighted by Crippen LogP contribution is -2.03. The zero-order chi connectivity index (χ0) is 17.4. The molecule has 2 aliphatic carbocycles. The van der Waals surface area contributed by atoms with E-state index in [9.17, 15) is 0 Å². The SMILES string of the molecule is C=C/C=C\C1=C(/C=C\C)C2CCC=C/C(=C/CC)C2=C1/C=C\C=C. The second-order valence-corrected chi connectivity index (χ2v) is 5.99. The summed E-state index contributed by atoms with van der Waals surface area (Å²) in [5, 5.41) is 0. The zero-order valence-corrected chi connectivity index (χ0v) is 15.0. The second-order valence-electron chi connectivity index (χ2n) is 5.99. The Hall–Kier alpha value is -2.34. The molecule has 124 valence electrons. The first-order valence-corrected chi connectivity index (χ1v) is 8.85. The minimum absolute atomic E-state index is 0.461. The first kappa shape index (κ1) is 18.0. The molecular weight excluding hydrogens is 288 g/mol. The third-order valence-electron chi connectivity index (χ3n) is 4.41. The number of allylic oxidation sites excluding steroid dienone is 16. The molecule has 24 heavy (non-hydrogen) atoms. The molecule has 0 spiro atoms. The van der Waals surface area contributed by atoms with Crippen molar-refractivity contribution in [3.8, 4) is 0 Å². The molecule has 0 fully saturated rings. The van der Waals surface area contributed by atoms with Gasteiger partial charge in [0.15, 0.2) is 0 Å². The van der Waals surface area contributed by atoms with Crippen LogP contribution in [-0.4, -0.2) is 0 Å². The average molecular weight is 316 g/mol. The summed E-state index contributed by atoms with van der Waals surface area (Å²) in [6, 6.07) is 0. The van der Waals surface area contributed by atoms with Crippen LogP contribution in [0, 0.1) is 5.92 Å². The minimum atomic E-state index is 0.461. The smallest absolute Gasteiger partial charge is 0.0110 e. The Bertz CT molecular complexity index is 696. The number of hydrogen-bond acceptors (Lipinski definition) is 0. The van der Waals surface area contributed by atoms with Crippen molar-refractivity contribution in [2.45, 2.75) is 33.1 Å². The molecule has 0 N–H and O–H groups in total. The summed E-state index contributed by atoms with van der Waals surface area (Å²) in [5.41, 5.74) is 6.87. The third kappa shape index (κ3) is 3.76. The molecule has 0 bridgehead atoms. The lowest BCUT2D eigenvalue weighted by atomic mass is 9.87. The third-order valence-corrected chi connectivity index (χ3v) is 4.41. The molecule has 0 aromatic heterocycles. The Morgan fingerprint density at radius 3 is 2.42 bits per heavy atom. The lowest BCUT2D eigenvalue weighted by molar-refractivity contribution is 0.685. The molecule has 1 atom stereocenters. The van der Waals surface area contributed by atoms with Crippen LogP contribution in [0.2, 0.25) is 0 Å². The van der Waals surface area contributed by atoms with Gasteiger partial charge in [0.05, 0.1) is 0 Å². The Morgan fingerprint density at radius 2 is 1.79 bits per heavy atom. The largest absolute Gasteiger partial charge is 0.0991 e. The highest BCUT2D eigenvalue weighted by Crippen LogP contribution is 2.46. The van der Waals surface area contributed by atoms with Gasteiger partial charge in [0.25, 0.3) is 0 Å². The van der Waals surface area contributed by atoms with Crippen LogP contribution in [0.5, 0.6) is 0 Å². The van der Waals surface area contributed by atoms with Crippen molar-refractivity contribution >= 4 is 0 Å². The maximum Gasteiger partial charge on any atom is 0.0110 e. The fraction of sp³-hybridized carbons (Fsp3) is 0.250. The van der Waals surface area contributed by atoms with Crippen LogP contribution >= 0.6 is 0 Å². The summed E-state index contributed by atoms with van der Waals surface area (Å²) in [7, 11) is 0. The van der Waals surface area contributed by atoms with Gasteiger partial charge < -0.3 is 0 Å². The Balaban J connectivity index is 2.73. The molecule has 0 heterocycles. The van der Waals surface area contributed by atoms with E-state index in [-0.39, 0.29) is 0 Å². The standard InChI is InChI=1S/C24H28/c1-5-9-16-21-20(14-8-4)23-18-12-11-15-19(13-7-3)24(23)22(21)17-10-6-2/h5-6,8-11,13-17,23H,1-2,7,12,18H2,3-4H3/b14-8-,16-9-,17-10-,19-13-. The van der Waals surface area contributed by atoms with Gasteiger partial charge in [0.1, 0.15) is 0 Å². The van der Waals surface area contributed by atoms with Crippen LogP contribution in [0.1, 0.15) is 33.1 Å². The van der Waals surface area contributed by atoms with Gasteiger partial charge in [-0.15, -0.1) is 0 Å². The highest BCUT2D eigenvalue weighted by Gasteiger charge is 2.31. The van der Waals surface area contributed by atoms with Crippen molar-refractivity contribution in [3.05, 3.63) is 108 Å². The van der Waals surface area contributed by atoms with Gasteiger partial charge in [-0.1, -0.05) is 86.9 Å². The van der Waals surface area contributed by atoms with E-state index in [0.717, 1.165) is 19.3 Å². The monoisotopic (exact) mass is 316 g/mol. The van der Waals surface area contributed by atoms with Crippen molar-refractivity contribution in [2.75, 3.05) is 0 Å². The summed E-state index contributed by atoms with van der Waals surface area (Å²) >= 11 is 0. The minimum Gasteiger partial charge on any atom is -0.0991 e. The first-order valence-electron chi connectivity index (χ1n) is 8.85. The Kier molecular flexibility index (Phi) is 6.81. The zero-order valence-electron chi connectivity index (χ0n) is 15.0. The van der Waals surface area contributed by atoms with Gasteiger partial charge >= 0.3 is 0 Å². The van der Waals surface area contributed by atoms with Crippen molar-refractivity contribution in [2.24, 2.45) is 5.92 Å². The van der Waals surface area contributed by atoms with Crippen LogP contribution in [0.15, 0.2) is 108 Å². The fourth-order valence-corrected chi connectivity index (χ4v) is 3.53. The predicted octanol–water partition coefficient (Wildman–Crippen LogP) is 6.96. The lowest BCUT2D eigenvalue weighted by Gasteiger charge is -2.16. The van der Waals surface area contributed by atoms with Crippen LogP contribution in [-0.2, 0) is 0 Å². The van der Waals surface area contributed by atoms with E-state index in [1.807, 2.05) is 24.3 Å². The maximum absolute atomic E-state index is 3.84. The molecule has 0 aliphatic heterocycles. The molecule has 0 aromatic carbocycles. The van der Waals surface area contributed by atoms with E-state index < -0.39 is 0 Å². The molecule has 0 heteroatoms. The van der Waals surface area contributed by atoms with Gasteiger partial charge in [-0.3, -0.25) is 0 Å². The van der Waals surface area contributed by atoms with Gasteiger partial charge in [-0.2, -0.15) is 0 Å². The van der Waals surface area contributed by atoms with Crippen LogP contribution in [0.4, 0.5) is 0 Å². The predicted molar refractivity (Wildman–Crippen MR) is 108 cm³/mol. The topological polar surface area (TPSA) is 0 Å². The highest BCUT2D eigenvalue weighted by atomic mass is 14.3. The summed E-state index contributed by atoms with van der Waals surface area (Å²) in [6.07, 6.45) is 26.9. The highest BCUT2D eigenvalue weighted by molar-refractivity contribution is 5.68. The first-order chi connectivity index (χ1) is 11.8. The Morgan fingerprint density at radius 1 is 1.08 bits per heavy atom. The van der Waals surface area contributed by atoms with Gasteiger partial charge in [0.2, 0.25) is 0 Å². The number of hydrogen-bond donors (Lipinski definition) is 0. The summed E-state index contributed by atoms with van der Waals surface area (Å²) < 4.78 is 0. The Labute approximate surface area is 147 Å². The van der Waals surface area contributed by atoms with Crippen molar-refractivity contribution in [1.29, 1.82) is 0 Å². The normalized spacial score (nSPS) is 23.1. The van der Waals surface area contributed by atoms with E-state index in [1.165, 1.54) is 27.9 Å². The molecule has 0 aromatic rings. The van der Waals surface area contributed by atoms with Crippen molar-refractivity contribution in [3.63, 3.8) is 0 Å². The molecule has 0 amide bonds. The molecule has 0 nitrogen and oxygen atoms in total. The second kappa shape index (κ2) is 9.08.